The van der Waals surface area contributed by atoms with Gasteiger partial charge >= 0.3 is 0 Å². The molecule has 0 bridgehead atoms. The van der Waals surface area contributed by atoms with Crippen LogP contribution < -0.4 is 0 Å². The third kappa shape index (κ3) is 1.77. The van der Waals surface area contributed by atoms with Crippen LogP contribution in [0.2, 0.25) is 0 Å². The largest absolute Gasteiger partial charge is 0.338 e. The second-order valence-electron chi connectivity index (χ2n) is 4.23. The average molecular weight is 179 g/mol. The molecule has 0 spiro atoms. The Kier molecular flexibility index (Phi) is 2.38. The zero-order valence-corrected chi connectivity index (χ0v) is 8.25. The Morgan fingerprint density at radius 3 is 2.85 bits per heavy atom. The van der Waals surface area contributed by atoms with E-state index >= 15 is 0 Å². The first-order chi connectivity index (χ1) is 6.27. The van der Waals surface area contributed by atoms with Gasteiger partial charge in [0.05, 0.1) is 0 Å². The molecule has 2 aliphatic rings. The summed E-state index contributed by atoms with van der Waals surface area (Å²) in [6.07, 6.45) is 6.78. The predicted molar refractivity (Wildman–Crippen MR) is 52.3 cm³/mol. The summed E-state index contributed by atoms with van der Waals surface area (Å²) >= 11 is 0. The van der Waals surface area contributed by atoms with Gasteiger partial charge in [-0.05, 0) is 26.2 Å². The van der Waals surface area contributed by atoms with E-state index in [0.29, 0.717) is 11.8 Å². The Morgan fingerprint density at radius 2 is 2.31 bits per heavy atom. The monoisotopic (exact) mass is 179 g/mol. The summed E-state index contributed by atoms with van der Waals surface area (Å²) in [4.78, 5) is 13.9. The molecule has 0 atom stereocenters. The highest BCUT2D eigenvalue weighted by atomic mass is 16.2. The highest BCUT2D eigenvalue weighted by Gasteiger charge is 2.29. The summed E-state index contributed by atoms with van der Waals surface area (Å²) < 4.78 is 0. The lowest BCUT2D eigenvalue weighted by Crippen LogP contribution is -2.41. The Hall–Kier alpha value is -0.790. The first kappa shape index (κ1) is 8.79. The van der Waals surface area contributed by atoms with Gasteiger partial charge in [0.15, 0.2) is 0 Å². The number of nitrogens with zero attached hydrogens (tertiary/aromatic N) is 1. The van der Waals surface area contributed by atoms with Crippen LogP contribution in [-0.4, -0.2) is 23.9 Å². The van der Waals surface area contributed by atoms with E-state index in [9.17, 15) is 4.79 Å². The van der Waals surface area contributed by atoms with Crippen molar-refractivity contribution in [3.05, 3.63) is 11.6 Å². The molecule has 0 saturated heterocycles. The number of carbonyl (C=O) groups excluding carboxylic acids is 1. The first-order valence-electron chi connectivity index (χ1n) is 5.22. The lowest BCUT2D eigenvalue weighted by atomic mass is 9.84. The van der Waals surface area contributed by atoms with E-state index in [1.807, 2.05) is 4.90 Å². The fourth-order valence-electron chi connectivity index (χ4n) is 2.01. The molecule has 72 valence electrons. The number of amides is 1. The lowest BCUT2D eigenvalue weighted by Gasteiger charge is -2.33. The van der Waals surface area contributed by atoms with Crippen LogP contribution in [0.3, 0.4) is 0 Å². The van der Waals surface area contributed by atoms with Crippen molar-refractivity contribution in [3.63, 3.8) is 0 Å². The van der Waals surface area contributed by atoms with E-state index in [1.165, 1.54) is 12.0 Å². The molecule has 0 unspecified atom stereocenters. The molecule has 1 saturated carbocycles. The zero-order valence-electron chi connectivity index (χ0n) is 8.25. The van der Waals surface area contributed by atoms with E-state index in [1.54, 1.807) is 0 Å². The highest BCUT2D eigenvalue weighted by molar-refractivity contribution is 5.80. The van der Waals surface area contributed by atoms with Crippen molar-refractivity contribution < 1.29 is 4.79 Å². The van der Waals surface area contributed by atoms with E-state index < -0.39 is 0 Å². The van der Waals surface area contributed by atoms with Gasteiger partial charge < -0.3 is 4.90 Å². The average Bonchev–Trinajstić information content (AvgIpc) is 2.01. The van der Waals surface area contributed by atoms with Gasteiger partial charge in [-0.3, -0.25) is 4.79 Å². The molecule has 0 aromatic heterocycles. The third-order valence-electron chi connectivity index (χ3n) is 3.10. The standard InChI is InChI=1S/C11H17NO/c1-9-4-3-7-12(8-9)11(13)10-5-2-6-10/h4,10H,2-3,5-8H2,1H3. The number of rotatable bonds is 1. The van der Waals surface area contributed by atoms with Gasteiger partial charge in [-0.1, -0.05) is 18.1 Å². The number of carbonyl (C=O) groups is 1. The van der Waals surface area contributed by atoms with Crippen molar-refractivity contribution in [2.75, 3.05) is 13.1 Å². The molecule has 1 heterocycles. The van der Waals surface area contributed by atoms with Crippen LogP contribution in [0.15, 0.2) is 11.6 Å². The summed E-state index contributed by atoms with van der Waals surface area (Å²) in [6.45, 7) is 3.92. The molecule has 13 heavy (non-hydrogen) atoms. The van der Waals surface area contributed by atoms with Crippen LogP contribution in [0.5, 0.6) is 0 Å². The summed E-state index contributed by atoms with van der Waals surface area (Å²) in [7, 11) is 0. The SMILES string of the molecule is CC1=CCCN(C(=O)C2CCC2)C1. The molecule has 0 aromatic rings. The summed E-state index contributed by atoms with van der Waals surface area (Å²) in [5.74, 6) is 0.768. The molecule has 0 N–H and O–H groups in total. The Balaban J connectivity index is 1.93. The van der Waals surface area contributed by atoms with E-state index in [0.717, 1.165) is 32.4 Å². The van der Waals surface area contributed by atoms with Crippen LogP contribution in [0.4, 0.5) is 0 Å². The fraction of sp³-hybridized carbons (Fsp3) is 0.727. The van der Waals surface area contributed by atoms with E-state index in [2.05, 4.69) is 13.0 Å². The minimum Gasteiger partial charge on any atom is -0.338 e. The molecule has 2 nitrogen and oxygen atoms in total. The minimum atomic E-state index is 0.367. The molecule has 1 aliphatic carbocycles. The maximum absolute atomic E-state index is 11.8. The number of hydrogen-bond acceptors (Lipinski definition) is 1. The van der Waals surface area contributed by atoms with Crippen molar-refractivity contribution in [2.24, 2.45) is 5.92 Å². The zero-order chi connectivity index (χ0) is 9.26. The molecule has 1 aliphatic heterocycles. The Labute approximate surface area is 79.6 Å². The van der Waals surface area contributed by atoms with Gasteiger partial charge in [-0.2, -0.15) is 0 Å². The van der Waals surface area contributed by atoms with Crippen molar-refractivity contribution >= 4 is 5.91 Å². The maximum atomic E-state index is 11.8. The van der Waals surface area contributed by atoms with Gasteiger partial charge in [0.2, 0.25) is 5.91 Å². The molecule has 0 aromatic carbocycles. The van der Waals surface area contributed by atoms with Gasteiger partial charge in [0.25, 0.3) is 0 Å². The van der Waals surface area contributed by atoms with Crippen LogP contribution >= 0.6 is 0 Å². The van der Waals surface area contributed by atoms with Crippen molar-refractivity contribution in [1.82, 2.24) is 4.90 Å². The van der Waals surface area contributed by atoms with E-state index in [4.69, 9.17) is 0 Å². The summed E-state index contributed by atoms with van der Waals surface area (Å²) in [6, 6.07) is 0. The smallest absolute Gasteiger partial charge is 0.225 e. The lowest BCUT2D eigenvalue weighted by molar-refractivity contribution is -0.137. The van der Waals surface area contributed by atoms with Gasteiger partial charge in [-0.25, -0.2) is 0 Å². The topological polar surface area (TPSA) is 20.3 Å². The van der Waals surface area contributed by atoms with Crippen LogP contribution in [0.1, 0.15) is 32.6 Å². The normalized spacial score (nSPS) is 23.8. The van der Waals surface area contributed by atoms with Gasteiger partial charge in [-0.15, -0.1) is 0 Å². The Morgan fingerprint density at radius 1 is 1.54 bits per heavy atom. The summed E-state index contributed by atoms with van der Waals surface area (Å²) in [5.41, 5.74) is 1.35. The van der Waals surface area contributed by atoms with Crippen LogP contribution in [0, 0.1) is 5.92 Å². The molecular weight excluding hydrogens is 162 g/mol. The number of hydrogen-bond donors (Lipinski definition) is 0. The highest BCUT2D eigenvalue weighted by Crippen LogP contribution is 2.29. The maximum Gasteiger partial charge on any atom is 0.225 e. The van der Waals surface area contributed by atoms with Gasteiger partial charge in [0, 0.05) is 19.0 Å². The first-order valence-corrected chi connectivity index (χ1v) is 5.22. The second-order valence-corrected chi connectivity index (χ2v) is 4.23. The van der Waals surface area contributed by atoms with Crippen molar-refractivity contribution in [3.8, 4) is 0 Å². The second kappa shape index (κ2) is 3.52. The quantitative estimate of drug-likeness (QED) is 0.563. The minimum absolute atomic E-state index is 0.367. The molecule has 1 amide bonds. The van der Waals surface area contributed by atoms with Crippen LogP contribution in [0.25, 0.3) is 0 Å². The molecule has 2 rings (SSSR count). The van der Waals surface area contributed by atoms with Crippen molar-refractivity contribution in [1.29, 1.82) is 0 Å². The molecule has 0 radical (unpaired) electrons. The fourth-order valence-corrected chi connectivity index (χ4v) is 2.01. The molecular formula is C11H17NO. The van der Waals surface area contributed by atoms with E-state index in [-0.39, 0.29) is 0 Å². The van der Waals surface area contributed by atoms with Gasteiger partial charge in [0.1, 0.15) is 0 Å². The van der Waals surface area contributed by atoms with Crippen LogP contribution in [-0.2, 0) is 4.79 Å². The Bertz CT molecular complexity index is 240. The van der Waals surface area contributed by atoms with Crippen molar-refractivity contribution in [2.45, 2.75) is 32.6 Å². The third-order valence-corrected chi connectivity index (χ3v) is 3.10. The summed E-state index contributed by atoms with van der Waals surface area (Å²) in [5, 5.41) is 0. The predicted octanol–water partition coefficient (Wildman–Crippen LogP) is 1.97. The molecule has 2 heteroatoms. The molecule has 1 fully saturated rings.